The fraction of sp³-hybridized carbons (Fsp3) is 1.00. The van der Waals surface area contributed by atoms with E-state index >= 15 is 0 Å². The molecule has 0 heterocycles. The Balaban J connectivity index is 0. The van der Waals surface area contributed by atoms with E-state index in [1.807, 2.05) is 0 Å². The van der Waals surface area contributed by atoms with Crippen LogP contribution in [0, 0.1) is 0 Å². The van der Waals surface area contributed by atoms with Crippen molar-refractivity contribution in [2.24, 2.45) is 0 Å². The van der Waals surface area contributed by atoms with Gasteiger partial charge in [0.1, 0.15) is 0 Å². The Labute approximate surface area is 54.3 Å². The zero-order chi connectivity index (χ0) is 0. The second-order valence-electron chi connectivity index (χ2n) is 0. The van der Waals surface area contributed by atoms with Crippen LogP contribution in [0.25, 0.3) is 0 Å². The molecule has 0 spiro atoms. The Morgan fingerprint density at radius 2 is 1.00 bits per heavy atom. The van der Waals surface area contributed by atoms with Gasteiger partial charge in [-0.1, -0.05) is 14.9 Å². The molecule has 0 saturated heterocycles. The fourth-order valence-corrected chi connectivity index (χ4v) is 0. The standard InChI is InChI=1S/2CH4.Al.Li.2H2.4H/h2*1H4;;;2*1H;;;;. The van der Waals surface area contributed by atoms with Crippen LogP contribution in [0.3, 0.4) is 0 Å². The van der Waals surface area contributed by atoms with Crippen LogP contribution in [0.15, 0.2) is 0 Å². The van der Waals surface area contributed by atoms with Crippen molar-refractivity contribution in [2.75, 3.05) is 0 Å². The van der Waals surface area contributed by atoms with E-state index < -0.39 is 0 Å². The molecule has 0 aromatic rings. The van der Waals surface area contributed by atoms with Crippen molar-refractivity contribution < 1.29 is 2.85 Å². The molecule has 0 rings (SSSR count). The number of hydrogen-bond acceptors (Lipinski definition) is 0. The Hall–Kier alpha value is 1.13. The van der Waals surface area contributed by atoms with E-state index in [1.165, 1.54) is 0 Å². The summed E-state index contributed by atoms with van der Waals surface area (Å²) in [4.78, 5) is 0. The van der Waals surface area contributed by atoms with Crippen LogP contribution in [0.4, 0.5) is 0 Å². The van der Waals surface area contributed by atoms with Crippen molar-refractivity contribution in [2.45, 2.75) is 14.9 Å². The molecule has 0 amide bonds. The van der Waals surface area contributed by atoms with Crippen LogP contribution in [0.1, 0.15) is 17.7 Å². The van der Waals surface area contributed by atoms with Crippen LogP contribution in [-0.4, -0.2) is 36.2 Å². The maximum absolute atomic E-state index is 0. The van der Waals surface area contributed by atoms with Crippen molar-refractivity contribution in [1.82, 2.24) is 0 Å². The van der Waals surface area contributed by atoms with Crippen LogP contribution < -0.4 is 0 Å². The normalized spacial score (nSPS) is 0. The Kier molecular flexibility index (Phi) is 543. The van der Waals surface area contributed by atoms with Crippen molar-refractivity contribution >= 4 is 36.2 Å². The first-order valence-electron chi connectivity index (χ1n) is 0. The minimum absolute atomic E-state index is 0. The van der Waals surface area contributed by atoms with Gasteiger partial charge in [0.15, 0.2) is 17.4 Å². The average Bonchev–Trinajstić information content (AvgIpc) is 0. The summed E-state index contributed by atoms with van der Waals surface area (Å²) in [6.45, 7) is 0. The molecule has 0 aromatic heterocycles. The van der Waals surface area contributed by atoms with Gasteiger partial charge in [0.05, 0.1) is 0 Å². The zero-order valence-corrected chi connectivity index (χ0v) is 0. The molecule has 0 aliphatic heterocycles. The van der Waals surface area contributed by atoms with Gasteiger partial charge in [0.2, 0.25) is 0 Å². The molecule has 4 heavy (non-hydrogen) atoms. The van der Waals surface area contributed by atoms with Crippen LogP contribution >= 0.6 is 0 Å². The first kappa shape index (κ1) is 68.5. The Morgan fingerprint density at radius 1 is 1.00 bits per heavy atom. The first-order chi connectivity index (χ1) is 0. The maximum atomic E-state index is 0. The summed E-state index contributed by atoms with van der Waals surface area (Å²) in [5, 5.41) is 0. The summed E-state index contributed by atoms with van der Waals surface area (Å²) in [5.74, 6) is 0. The zero-order valence-electron chi connectivity index (χ0n) is 0. The summed E-state index contributed by atoms with van der Waals surface area (Å²) < 4.78 is 0. The van der Waals surface area contributed by atoms with Gasteiger partial charge >= 0.3 is 18.9 Å². The molecule has 0 aromatic carbocycles. The Morgan fingerprint density at radius 3 is 1.00 bits per heavy atom. The van der Waals surface area contributed by atoms with E-state index in [2.05, 4.69) is 0 Å². The van der Waals surface area contributed by atoms with Crippen molar-refractivity contribution in [3.05, 3.63) is 0 Å². The van der Waals surface area contributed by atoms with Gasteiger partial charge in [-0.25, -0.2) is 0 Å². The van der Waals surface area contributed by atoms with Crippen molar-refractivity contribution in [1.29, 1.82) is 0 Å². The van der Waals surface area contributed by atoms with E-state index in [0.717, 1.165) is 0 Å². The van der Waals surface area contributed by atoms with Crippen molar-refractivity contribution in [3.8, 4) is 0 Å². The molecule has 28 valence electrons. The quantitative estimate of drug-likeness (QED) is 0.353. The van der Waals surface area contributed by atoms with Crippen LogP contribution in [-0.2, 0) is 0 Å². The topological polar surface area (TPSA) is 0 Å². The summed E-state index contributed by atoms with van der Waals surface area (Å²) in [6, 6.07) is 0. The molecule has 2 heteroatoms. The molecular weight excluding hydrogens is 57.9 g/mol. The Bertz CT molecular complexity index is 11.5. The molecular formula is C2H16AlLi. The predicted molar refractivity (Wildman–Crippen MR) is 34.8 cm³/mol. The fourth-order valence-electron chi connectivity index (χ4n) is 0. The molecule has 0 nitrogen and oxygen atoms in total. The SMILES string of the molecule is C.C.[AlH3].[HH].[HH].[LiH]. The monoisotopic (exact) mass is 74.1 g/mol. The average molecular weight is 74.1 g/mol. The van der Waals surface area contributed by atoms with Gasteiger partial charge < -0.3 is 0 Å². The minimum atomic E-state index is 0. The third kappa shape index (κ3) is 11.1. The summed E-state index contributed by atoms with van der Waals surface area (Å²) >= 11 is 0. The first-order valence-corrected chi connectivity index (χ1v) is 0. The molecule has 0 saturated carbocycles. The number of rotatable bonds is 0. The third-order valence-electron chi connectivity index (χ3n) is 0. The van der Waals surface area contributed by atoms with E-state index in [4.69, 9.17) is 0 Å². The molecule has 0 fully saturated rings. The third-order valence-corrected chi connectivity index (χ3v) is 0. The number of hydrogen-bond donors (Lipinski definition) is 0. The van der Waals surface area contributed by atoms with Crippen LogP contribution in [0.5, 0.6) is 0 Å². The van der Waals surface area contributed by atoms with E-state index in [-0.39, 0.29) is 53.9 Å². The van der Waals surface area contributed by atoms with Gasteiger partial charge in [-0.3, -0.25) is 0 Å². The van der Waals surface area contributed by atoms with Gasteiger partial charge in [-0.05, 0) is 0 Å². The van der Waals surface area contributed by atoms with Gasteiger partial charge in [-0.2, -0.15) is 0 Å². The van der Waals surface area contributed by atoms with E-state index in [9.17, 15) is 0 Å². The molecule has 0 radical (unpaired) electrons. The van der Waals surface area contributed by atoms with Crippen LogP contribution in [0.2, 0.25) is 0 Å². The molecule has 0 N–H and O–H groups in total. The molecule has 0 bridgehead atoms. The molecule has 0 aliphatic carbocycles. The summed E-state index contributed by atoms with van der Waals surface area (Å²) in [6.07, 6.45) is 0. The van der Waals surface area contributed by atoms with Gasteiger partial charge in [-0.15, -0.1) is 0 Å². The molecule has 0 aliphatic rings. The van der Waals surface area contributed by atoms with Crippen molar-refractivity contribution in [3.63, 3.8) is 0 Å². The molecule has 0 atom stereocenters. The van der Waals surface area contributed by atoms with Gasteiger partial charge in [0.25, 0.3) is 0 Å². The second-order valence-corrected chi connectivity index (χ2v) is 0. The second kappa shape index (κ2) is 31.7. The van der Waals surface area contributed by atoms with E-state index in [0.29, 0.717) is 0 Å². The predicted octanol–water partition coefficient (Wildman–Crippen LogP) is -0.0682. The van der Waals surface area contributed by atoms with E-state index in [1.54, 1.807) is 0 Å². The summed E-state index contributed by atoms with van der Waals surface area (Å²) in [7, 11) is 0. The summed E-state index contributed by atoms with van der Waals surface area (Å²) in [5.41, 5.74) is 0. The molecule has 0 unspecified atom stereocenters. The van der Waals surface area contributed by atoms with Gasteiger partial charge in [0, 0.05) is 2.85 Å².